The lowest BCUT2D eigenvalue weighted by molar-refractivity contribution is 0.0962. The number of nitrogens with zero attached hydrogens (tertiary/aromatic N) is 3. The Bertz CT molecular complexity index is 688. The Kier molecular flexibility index (Phi) is 5.05. The molecule has 0 aliphatic heterocycles. The second-order valence-corrected chi connectivity index (χ2v) is 5.63. The number of anilines is 2. The highest BCUT2D eigenvalue weighted by molar-refractivity contribution is 5.94. The van der Waals surface area contributed by atoms with E-state index in [9.17, 15) is 4.79 Å². The van der Waals surface area contributed by atoms with E-state index < -0.39 is 0 Å². The molecule has 2 aromatic heterocycles. The Hall–Kier alpha value is -2.90. The molecular formula is C16H20N6O2. The van der Waals surface area contributed by atoms with Crippen LogP contribution in [0.2, 0.25) is 0 Å². The van der Waals surface area contributed by atoms with E-state index in [2.05, 4.69) is 25.8 Å². The summed E-state index contributed by atoms with van der Waals surface area (Å²) in [5.41, 5.74) is 12.1. The molecule has 0 spiro atoms. The SMILES string of the molecule is Nc1c(NNC(=O)c2ccncc2)ncnc1OC1CCCCC1. The van der Waals surface area contributed by atoms with Gasteiger partial charge >= 0.3 is 0 Å². The van der Waals surface area contributed by atoms with Crippen LogP contribution in [-0.4, -0.2) is 27.0 Å². The number of nitrogens with two attached hydrogens (primary N) is 1. The van der Waals surface area contributed by atoms with Gasteiger partial charge in [-0.1, -0.05) is 6.42 Å². The average molecular weight is 328 g/mol. The molecular weight excluding hydrogens is 308 g/mol. The Balaban J connectivity index is 1.63. The van der Waals surface area contributed by atoms with Crippen LogP contribution < -0.4 is 21.3 Å². The van der Waals surface area contributed by atoms with Crippen LogP contribution in [0.25, 0.3) is 0 Å². The Morgan fingerprint density at radius 3 is 2.67 bits per heavy atom. The van der Waals surface area contributed by atoms with E-state index in [-0.39, 0.29) is 17.7 Å². The largest absolute Gasteiger partial charge is 0.473 e. The molecule has 3 rings (SSSR count). The molecule has 1 amide bonds. The first-order chi connectivity index (χ1) is 11.7. The van der Waals surface area contributed by atoms with Crippen molar-refractivity contribution in [3.63, 3.8) is 0 Å². The average Bonchev–Trinajstić information content (AvgIpc) is 2.64. The highest BCUT2D eigenvalue weighted by atomic mass is 16.5. The number of hydrogen-bond acceptors (Lipinski definition) is 7. The van der Waals surface area contributed by atoms with Gasteiger partial charge in [0, 0.05) is 18.0 Å². The van der Waals surface area contributed by atoms with Crippen LogP contribution in [0.5, 0.6) is 5.88 Å². The van der Waals surface area contributed by atoms with Gasteiger partial charge in [0.1, 0.15) is 18.1 Å². The van der Waals surface area contributed by atoms with E-state index >= 15 is 0 Å². The summed E-state index contributed by atoms with van der Waals surface area (Å²) in [5.74, 6) is 0.334. The molecule has 2 heterocycles. The predicted octanol–water partition coefficient (Wildman–Crippen LogP) is 1.92. The maximum atomic E-state index is 12.0. The number of amides is 1. The maximum absolute atomic E-state index is 12.0. The molecule has 126 valence electrons. The third kappa shape index (κ3) is 3.89. The number of nitrogens with one attached hydrogen (secondary N) is 2. The van der Waals surface area contributed by atoms with Crippen LogP contribution in [-0.2, 0) is 0 Å². The highest BCUT2D eigenvalue weighted by Gasteiger charge is 2.18. The standard InChI is InChI=1S/C16H20N6O2/c17-13-14(21-22-15(23)11-6-8-18-9-7-11)19-10-20-16(13)24-12-4-2-1-3-5-12/h6-10,12H,1-5,17H2,(H,22,23)(H,19,20,21). The summed E-state index contributed by atoms with van der Waals surface area (Å²) in [5, 5.41) is 0. The minimum atomic E-state index is -0.315. The van der Waals surface area contributed by atoms with Gasteiger partial charge in [0.05, 0.1) is 0 Å². The number of hydrazine groups is 1. The fraction of sp³-hybridized carbons (Fsp3) is 0.375. The van der Waals surface area contributed by atoms with Crippen LogP contribution in [0.1, 0.15) is 42.5 Å². The molecule has 4 N–H and O–H groups in total. The van der Waals surface area contributed by atoms with Crippen LogP contribution >= 0.6 is 0 Å². The van der Waals surface area contributed by atoms with Crippen molar-refractivity contribution in [3.05, 3.63) is 36.4 Å². The summed E-state index contributed by atoms with van der Waals surface area (Å²) in [6.07, 6.45) is 10.1. The second-order valence-electron chi connectivity index (χ2n) is 5.63. The molecule has 2 aromatic rings. The summed E-state index contributed by atoms with van der Waals surface area (Å²) < 4.78 is 5.88. The van der Waals surface area contributed by atoms with Gasteiger partial charge in [-0.3, -0.25) is 20.6 Å². The van der Waals surface area contributed by atoms with Gasteiger partial charge in [-0.15, -0.1) is 0 Å². The second kappa shape index (κ2) is 7.58. The van der Waals surface area contributed by atoms with Crippen LogP contribution in [0, 0.1) is 0 Å². The molecule has 1 aliphatic rings. The number of carbonyl (C=O) groups excluding carboxylic acids is 1. The highest BCUT2D eigenvalue weighted by Crippen LogP contribution is 2.28. The summed E-state index contributed by atoms with van der Waals surface area (Å²) in [7, 11) is 0. The number of nitrogen functional groups attached to an aromatic ring is 1. The fourth-order valence-electron chi connectivity index (χ4n) is 2.61. The number of rotatable bonds is 5. The molecule has 0 atom stereocenters. The molecule has 0 radical (unpaired) electrons. The first-order valence-corrected chi connectivity index (χ1v) is 7.97. The number of aromatic nitrogens is 3. The van der Waals surface area contributed by atoms with Gasteiger partial charge in [-0.2, -0.15) is 4.98 Å². The Morgan fingerprint density at radius 1 is 1.17 bits per heavy atom. The fourth-order valence-corrected chi connectivity index (χ4v) is 2.61. The van der Waals surface area contributed by atoms with Gasteiger partial charge in [-0.25, -0.2) is 4.98 Å². The zero-order chi connectivity index (χ0) is 16.8. The van der Waals surface area contributed by atoms with Gasteiger partial charge in [0.25, 0.3) is 5.91 Å². The third-order valence-electron chi connectivity index (χ3n) is 3.91. The minimum Gasteiger partial charge on any atom is -0.473 e. The normalized spacial score (nSPS) is 14.8. The minimum absolute atomic E-state index is 0.134. The van der Waals surface area contributed by atoms with Gasteiger partial charge < -0.3 is 10.5 Å². The molecule has 0 aromatic carbocycles. The molecule has 24 heavy (non-hydrogen) atoms. The molecule has 1 aliphatic carbocycles. The van der Waals surface area contributed by atoms with Crippen LogP contribution in [0.4, 0.5) is 11.5 Å². The van der Waals surface area contributed by atoms with Crippen molar-refractivity contribution < 1.29 is 9.53 Å². The van der Waals surface area contributed by atoms with E-state index in [1.807, 2.05) is 0 Å². The molecule has 0 bridgehead atoms. The van der Waals surface area contributed by atoms with Crippen LogP contribution in [0.15, 0.2) is 30.9 Å². The monoisotopic (exact) mass is 328 g/mol. The smallest absolute Gasteiger partial charge is 0.269 e. The molecule has 0 saturated heterocycles. The van der Waals surface area contributed by atoms with Crippen molar-refractivity contribution in [2.45, 2.75) is 38.2 Å². The molecule has 1 fully saturated rings. The lowest BCUT2D eigenvalue weighted by atomic mass is 9.98. The molecule has 8 heteroatoms. The van der Waals surface area contributed by atoms with E-state index in [0.29, 0.717) is 17.3 Å². The number of hydrogen-bond donors (Lipinski definition) is 3. The van der Waals surface area contributed by atoms with Crippen molar-refractivity contribution in [1.82, 2.24) is 20.4 Å². The summed E-state index contributed by atoms with van der Waals surface area (Å²) in [6, 6.07) is 3.22. The zero-order valence-electron chi connectivity index (χ0n) is 13.2. The van der Waals surface area contributed by atoms with E-state index in [0.717, 1.165) is 25.7 Å². The summed E-state index contributed by atoms with van der Waals surface area (Å²) in [6.45, 7) is 0. The summed E-state index contributed by atoms with van der Waals surface area (Å²) >= 11 is 0. The number of pyridine rings is 1. The Labute approximate surface area is 139 Å². The van der Waals surface area contributed by atoms with Crippen molar-refractivity contribution in [2.24, 2.45) is 0 Å². The number of ether oxygens (including phenoxy) is 1. The van der Waals surface area contributed by atoms with Crippen molar-refractivity contribution in [3.8, 4) is 5.88 Å². The first kappa shape index (κ1) is 16.0. The topological polar surface area (TPSA) is 115 Å². The van der Waals surface area contributed by atoms with Crippen molar-refractivity contribution in [1.29, 1.82) is 0 Å². The van der Waals surface area contributed by atoms with Crippen molar-refractivity contribution in [2.75, 3.05) is 11.2 Å². The molecule has 0 unspecified atom stereocenters. The van der Waals surface area contributed by atoms with Gasteiger partial charge in [0.2, 0.25) is 5.88 Å². The molecule has 1 saturated carbocycles. The Morgan fingerprint density at radius 2 is 1.92 bits per heavy atom. The van der Waals surface area contributed by atoms with E-state index in [1.165, 1.54) is 12.7 Å². The first-order valence-electron chi connectivity index (χ1n) is 7.97. The van der Waals surface area contributed by atoms with E-state index in [4.69, 9.17) is 10.5 Å². The van der Waals surface area contributed by atoms with Crippen LogP contribution in [0.3, 0.4) is 0 Å². The number of carbonyl (C=O) groups is 1. The van der Waals surface area contributed by atoms with E-state index in [1.54, 1.807) is 24.5 Å². The lowest BCUT2D eigenvalue weighted by Crippen LogP contribution is -2.30. The van der Waals surface area contributed by atoms with Crippen molar-refractivity contribution >= 4 is 17.4 Å². The summed E-state index contributed by atoms with van der Waals surface area (Å²) in [4.78, 5) is 24.0. The third-order valence-corrected chi connectivity index (χ3v) is 3.91. The van der Waals surface area contributed by atoms with Gasteiger partial charge in [0.15, 0.2) is 5.82 Å². The van der Waals surface area contributed by atoms with Gasteiger partial charge in [-0.05, 0) is 37.8 Å². The quantitative estimate of drug-likeness (QED) is 0.718. The lowest BCUT2D eigenvalue weighted by Gasteiger charge is -2.23. The molecule has 8 nitrogen and oxygen atoms in total. The zero-order valence-corrected chi connectivity index (χ0v) is 13.2. The predicted molar refractivity (Wildman–Crippen MR) is 89.3 cm³/mol. The maximum Gasteiger partial charge on any atom is 0.269 e.